The first-order valence-electron chi connectivity index (χ1n) is 29.9. The minimum atomic E-state index is -4.61. The van der Waals surface area contributed by atoms with Crippen molar-refractivity contribution in [3.05, 3.63) is 85.1 Å². The van der Waals surface area contributed by atoms with E-state index in [4.69, 9.17) is 9.05 Å². The van der Waals surface area contributed by atoms with Crippen molar-refractivity contribution in [3.63, 3.8) is 0 Å². The molecule has 0 aromatic rings. The summed E-state index contributed by atoms with van der Waals surface area (Å²) in [6, 6.07) is -0.915. The van der Waals surface area contributed by atoms with Gasteiger partial charge in [-0.2, -0.15) is 0 Å². The van der Waals surface area contributed by atoms with E-state index in [9.17, 15) is 19.4 Å². The molecule has 418 valence electrons. The van der Waals surface area contributed by atoms with Gasteiger partial charge in [0, 0.05) is 6.42 Å². The van der Waals surface area contributed by atoms with Gasteiger partial charge in [-0.3, -0.25) is 9.36 Å². The van der Waals surface area contributed by atoms with Crippen LogP contribution in [0.2, 0.25) is 0 Å². The molecular weight excluding hydrogens is 912 g/mol. The fourth-order valence-electron chi connectivity index (χ4n) is 8.41. The number of likely N-dealkylation sites (N-methyl/N-ethyl adjacent to an activating group) is 1. The van der Waals surface area contributed by atoms with Crippen LogP contribution in [0.4, 0.5) is 0 Å². The number of phosphoric acid groups is 1. The number of hydrogen-bond donors (Lipinski definition) is 2. The van der Waals surface area contributed by atoms with E-state index < -0.39 is 26.6 Å². The summed E-state index contributed by atoms with van der Waals surface area (Å²) in [6.45, 7) is 4.52. The van der Waals surface area contributed by atoms with Crippen molar-refractivity contribution in [2.75, 3.05) is 40.9 Å². The van der Waals surface area contributed by atoms with Crippen LogP contribution in [0.3, 0.4) is 0 Å². The van der Waals surface area contributed by atoms with Crippen LogP contribution in [-0.4, -0.2) is 68.5 Å². The fourth-order valence-corrected chi connectivity index (χ4v) is 9.14. The number of aliphatic hydroxyl groups is 1. The highest BCUT2D eigenvalue weighted by Gasteiger charge is 2.23. The van der Waals surface area contributed by atoms with Gasteiger partial charge in [0.1, 0.15) is 13.2 Å². The molecule has 0 radical (unpaired) electrons. The summed E-state index contributed by atoms with van der Waals surface area (Å²) in [4.78, 5) is 25.5. The number of allylic oxidation sites excluding steroid dienone is 13. The number of quaternary nitrogens is 1. The van der Waals surface area contributed by atoms with Crippen molar-refractivity contribution in [1.82, 2.24) is 5.32 Å². The van der Waals surface area contributed by atoms with E-state index in [2.05, 4.69) is 92.1 Å². The highest BCUT2D eigenvalue weighted by molar-refractivity contribution is 7.45. The third-order valence-electron chi connectivity index (χ3n) is 13.1. The Bertz CT molecular complexity index is 1450. The Labute approximate surface area is 446 Å². The number of phosphoric ester groups is 1. The van der Waals surface area contributed by atoms with Crippen molar-refractivity contribution in [2.45, 2.75) is 270 Å². The molecule has 3 unspecified atom stereocenters. The molecule has 0 saturated carbocycles. The molecule has 2 N–H and O–H groups in total. The summed E-state index contributed by atoms with van der Waals surface area (Å²) in [5.41, 5.74) is 0. The van der Waals surface area contributed by atoms with Gasteiger partial charge in [0.15, 0.2) is 0 Å². The Morgan fingerprint density at radius 2 is 0.861 bits per heavy atom. The third kappa shape index (κ3) is 55.4. The molecule has 0 aliphatic rings. The first kappa shape index (κ1) is 69.7. The average molecular weight is 1030 g/mol. The molecule has 8 nitrogen and oxygen atoms in total. The number of unbranched alkanes of at least 4 members (excludes halogenated alkanes) is 29. The standard InChI is InChI=1S/C63H115N2O6P/c1-6-8-10-12-14-16-18-20-22-24-26-28-30-31-32-33-35-37-39-41-43-45-47-49-51-53-55-57-63(67)64-61(60-71-72(68,69)70-59-58-65(3,4)5)62(66)56-54-52-50-48-46-44-42-40-38-36-34-29-27-25-23-21-19-17-15-13-11-9-7-2/h8,10,14,16,20,22,26,28,38,40,46,48,54,56,61-62,66H,6-7,9,11-13,15,17-19,21,23-25,27,29-37,39,41-45,47,49-53,55,57-60H2,1-5H3,(H-,64,67,68,69)/b10-8-,16-14-,22-20-,28-26-,40-38+,48-46+,56-54+. The molecule has 0 rings (SSSR count). The Balaban J connectivity index is 4.25. The largest absolute Gasteiger partial charge is 0.756 e. The first-order valence-corrected chi connectivity index (χ1v) is 31.4. The molecule has 0 heterocycles. The van der Waals surface area contributed by atoms with Crippen molar-refractivity contribution >= 4 is 13.7 Å². The van der Waals surface area contributed by atoms with Crippen LogP contribution in [0.1, 0.15) is 258 Å². The topological polar surface area (TPSA) is 108 Å². The predicted molar refractivity (Wildman–Crippen MR) is 311 cm³/mol. The molecule has 0 aliphatic heterocycles. The van der Waals surface area contributed by atoms with E-state index in [1.54, 1.807) is 6.08 Å². The Kier molecular flexibility index (Phi) is 51.8. The highest BCUT2D eigenvalue weighted by atomic mass is 31.2. The highest BCUT2D eigenvalue weighted by Crippen LogP contribution is 2.38. The Morgan fingerprint density at radius 3 is 1.29 bits per heavy atom. The lowest BCUT2D eigenvalue weighted by molar-refractivity contribution is -0.870. The van der Waals surface area contributed by atoms with Gasteiger partial charge in [-0.25, -0.2) is 0 Å². The van der Waals surface area contributed by atoms with Gasteiger partial charge in [0.2, 0.25) is 5.91 Å². The van der Waals surface area contributed by atoms with Gasteiger partial charge in [-0.1, -0.05) is 253 Å². The molecule has 1 amide bonds. The molecule has 0 aromatic heterocycles. The van der Waals surface area contributed by atoms with Crippen molar-refractivity contribution in [1.29, 1.82) is 0 Å². The maximum atomic E-state index is 13.0. The summed E-state index contributed by atoms with van der Waals surface area (Å²) in [7, 11) is 1.23. The summed E-state index contributed by atoms with van der Waals surface area (Å²) in [5, 5.41) is 13.9. The summed E-state index contributed by atoms with van der Waals surface area (Å²) < 4.78 is 23.4. The number of nitrogens with one attached hydrogen (secondary N) is 1. The number of aliphatic hydroxyl groups excluding tert-OH is 1. The van der Waals surface area contributed by atoms with Gasteiger partial charge >= 0.3 is 0 Å². The Morgan fingerprint density at radius 1 is 0.500 bits per heavy atom. The number of nitrogens with zero attached hydrogens (tertiary/aromatic N) is 1. The lowest BCUT2D eigenvalue weighted by atomic mass is 10.0. The molecule has 0 fully saturated rings. The van der Waals surface area contributed by atoms with E-state index >= 15 is 0 Å². The lowest BCUT2D eigenvalue weighted by Gasteiger charge is -2.29. The van der Waals surface area contributed by atoms with Gasteiger partial charge in [-0.15, -0.1) is 0 Å². The van der Waals surface area contributed by atoms with Crippen LogP contribution >= 0.6 is 7.82 Å². The second-order valence-corrected chi connectivity index (χ2v) is 22.7. The summed E-state index contributed by atoms with van der Waals surface area (Å²) >= 11 is 0. The number of hydrogen-bond acceptors (Lipinski definition) is 6. The van der Waals surface area contributed by atoms with E-state index in [0.717, 1.165) is 70.6 Å². The first-order chi connectivity index (χ1) is 35.0. The van der Waals surface area contributed by atoms with Crippen LogP contribution in [0.5, 0.6) is 0 Å². The zero-order valence-electron chi connectivity index (χ0n) is 47.6. The number of carbonyl (C=O) groups is 1. The quantitative estimate of drug-likeness (QED) is 0.0272. The van der Waals surface area contributed by atoms with Gasteiger partial charge in [-0.05, 0) is 83.5 Å². The smallest absolute Gasteiger partial charge is 0.268 e. The van der Waals surface area contributed by atoms with Crippen LogP contribution in [0, 0.1) is 0 Å². The van der Waals surface area contributed by atoms with E-state index in [1.807, 2.05) is 27.2 Å². The van der Waals surface area contributed by atoms with Crippen LogP contribution in [0.25, 0.3) is 0 Å². The minimum Gasteiger partial charge on any atom is -0.756 e. The summed E-state index contributed by atoms with van der Waals surface area (Å²) in [6.07, 6.45) is 75.3. The van der Waals surface area contributed by atoms with Crippen LogP contribution in [-0.2, 0) is 18.4 Å². The van der Waals surface area contributed by atoms with Crippen LogP contribution in [0.15, 0.2) is 85.1 Å². The van der Waals surface area contributed by atoms with Gasteiger partial charge < -0.3 is 28.8 Å². The normalized spacial score (nSPS) is 14.5. The maximum absolute atomic E-state index is 13.0. The zero-order chi connectivity index (χ0) is 52.7. The zero-order valence-corrected chi connectivity index (χ0v) is 48.5. The molecular formula is C63H115N2O6P. The van der Waals surface area contributed by atoms with Gasteiger partial charge in [0.05, 0.1) is 39.9 Å². The molecule has 3 atom stereocenters. The summed E-state index contributed by atoms with van der Waals surface area (Å²) in [5.74, 6) is -0.213. The SMILES string of the molecule is CC/C=C\C/C=C\C/C=C\C/C=C\CCCCCCCCCCCCCCCCC(=O)NC(COP(=O)([O-])OCC[N+](C)(C)C)C(O)/C=C/CC/C=C/CC/C=C/CCCCCCCCCCCCCCC. The van der Waals surface area contributed by atoms with E-state index in [1.165, 1.54) is 167 Å². The third-order valence-corrected chi connectivity index (χ3v) is 14.0. The minimum absolute atomic E-state index is 0.0119. The molecule has 0 aromatic carbocycles. The molecule has 0 aliphatic carbocycles. The number of amides is 1. The molecule has 0 saturated heterocycles. The van der Waals surface area contributed by atoms with E-state index in [0.29, 0.717) is 17.4 Å². The molecule has 0 spiro atoms. The van der Waals surface area contributed by atoms with Crippen LogP contribution < -0.4 is 10.2 Å². The van der Waals surface area contributed by atoms with Crippen molar-refractivity contribution < 1.29 is 32.9 Å². The Hall–Kier alpha value is -2.32. The van der Waals surface area contributed by atoms with E-state index in [-0.39, 0.29) is 12.5 Å². The number of rotatable bonds is 54. The maximum Gasteiger partial charge on any atom is 0.268 e. The predicted octanol–water partition coefficient (Wildman–Crippen LogP) is 17.8. The van der Waals surface area contributed by atoms with Gasteiger partial charge in [0.25, 0.3) is 7.82 Å². The second-order valence-electron chi connectivity index (χ2n) is 21.3. The second kappa shape index (κ2) is 53.5. The molecule has 72 heavy (non-hydrogen) atoms. The fraction of sp³-hybridized carbons (Fsp3) is 0.762. The molecule has 0 bridgehead atoms. The lowest BCUT2D eigenvalue weighted by Crippen LogP contribution is -2.45. The number of carbonyl (C=O) groups excluding carboxylic acids is 1. The van der Waals surface area contributed by atoms with Crippen molar-refractivity contribution in [3.8, 4) is 0 Å². The van der Waals surface area contributed by atoms with Crippen molar-refractivity contribution in [2.24, 2.45) is 0 Å². The average Bonchev–Trinajstić information content (AvgIpc) is 3.34. The molecule has 9 heteroatoms. The monoisotopic (exact) mass is 1030 g/mol.